The van der Waals surface area contributed by atoms with E-state index in [2.05, 4.69) is 74.6 Å². The van der Waals surface area contributed by atoms with Crippen molar-refractivity contribution in [2.75, 3.05) is 41.0 Å². The van der Waals surface area contributed by atoms with Crippen LogP contribution >= 0.6 is 0 Å². The maximum Gasteiger partial charge on any atom is 0.306 e. The molecule has 0 saturated carbocycles. The highest BCUT2D eigenvalue weighted by Crippen LogP contribution is 2.13. The van der Waals surface area contributed by atoms with Crippen LogP contribution in [0.15, 0.2) is 60.8 Å². The van der Waals surface area contributed by atoms with Crippen molar-refractivity contribution in [3.63, 3.8) is 0 Å². The molecule has 0 N–H and O–H groups in total. The van der Waals surface area contributed by atoms with Gasteiger partial charge in [-0.1, -0.05) is 139 Å². The lowest BCUT2D eigenvalue weighted by Crippen LogP contribution is -2.55. The molecule has 0 amide bonds. The van der Waals surface area contributed by atoms with Gasteiger partial charge in [0.1, 0.15) is 12.6 Å². The zero-order valence-electron chi connectivity index (χ0n) is 34.4. The molecule has 0 heterocycles. The summed E-state index contributed by atoms with van der Waals surface area (Å²) in [5.41, 5.74) is 0. The lowest BCUT2D eigenvalue weighted by molar-refractivity contribution is -0.889. The first-order valence-corrected chi connectivity index (χ1v) is 20.8. The van der Waals surface area contributed by atoms with Gasteiger partial charge >= 0.3 is 11.9 Å². The molecule has 304 valence electrons. The number of carboxylic acids is 1. The van der Waals surface area contributed by atoms with E-state index in [9.17, 15) is 19.5 Å². The number of hydrogen-bond acceptors (Lipinski definition) is 7. The van der Waals surface area contributed by atoms with Gasteiger partial charge in [0.25, 0.3) is 0 Å². The lowest BCUT2D eigenvalue weighted by atomic mass is 10.1. The number of quaternary nitrogens is 1. The van der Waals surface area contributed by atoms with E-state index in [1.54, 1.807) is 21.1 Å². The number of carbonyl (C=O) groups excluding carboxylic acids is 3. The Morgan fingerprint density at radius 2 is 1.06 bits per heavy atom. The summed E-state index contributed by atoms with van der Waals surface area (Å²) in [7, 11) is 5.38. The smallest absolute Gasteiger partial charge is 0.306 e. The SMILES string of the molecule is CC/C=C/C/C=C/C/C=C/C/C=C/C/C=C/CCCCCCCCC(=O)OC(COCCC(C(=O)[O-])[N+](C)(C)C)COC(=O)CCCCCCCCC. The Labute approximate surface area is 324 Å². The summed E-state index contributed by atoms with van der Waals surface area (Å²) >= 11 is 0. The summed E-state index contributed by atoms with van der Waals surface area (Å²) in [4.78, 5) is 36.6. The maximum absolute atomic E-state index is 12.7. The molecule has 0 aliphatic heterocycles. The predicted octanol–water partition coefficient (Wildman–Crippen LogP) is 9.69. The minimum Gasteiger partial charge on any atom is -0.544 e. The molecule has 0 fully saturated rings. The van der Waals surface area contributed by atoms with Crippen LogP contribution in [0.3, 0.4) is 0 Å². The number of unbranched alkanes of at least 4 members (excludes halogenated alkanes) is 12. The highest BCUT2D eigenvalue weighted by molar-refractivity contribution is 5.70. The van der Waals surface area contributed by atoms with Crippen LogP contribution in [0.25, 0.3) is 0 Å². The molecule has 2 unspecified atom stereocenters. The molecule has 53 heavy (non-hydrogen) atoms. The third kappa shape index (κ3) is 34.5. The van der Waals surface area contributed by atoms with Crippen LogP contribution in [0.2, 0.25) is 0 Å². The van der Waals surface area contributed by atoms with Crippen LogP contribution in [0, 0.1) is 0 Å². The van der Waals surface area contributed by atoms with Gasteiger partial charge < -0.3 is 28.6 Å². The summed E-state index contributed by atoms with van der Waals surface area (Å²) in [5.74, 6) is -1.77. The number of allylic oxidation sites excluding steroid dienone is 10. The first-order valence-electron chi connectivity index (χ1n) is 20.8. The minimum atomic E-state index is -1.13. The Bertz CT molecular complexity index is 1050. The van der Waals surface area contributed by atoms with E-state index in [0.717, 1.165) is 83.5 Å². The molecular weight excluding hydrogens is 666 g/mol. The van der Waals surface area contributed by atoms with E-state index in [-0.39, 0.29) is 42.7 Å². The quantitative estimate of drug-likeness (QED) is 0.0273. The number of nitrogens with zero attached hydrogens (tertiary/aromatic N) is 1. The fraction of sp³-hybridized carbons (Fsp3) is 0.711. The fourth-order valence-electron chi connectivity index (χ4n) is 5.68. The molecule has 0 spiro atoms. The monoisotopic (exact) mass is 744 g/mol. The molecule has 0 aromatic rings. The van der Waals surface area contributed by atoms with Crippen molar-refractivity contribution in [1.82, 2.24) is 0 Å². The molecule has 0 saturated heterocycles. The average Bonchev–Trinajstić information content (AvgIpc) is 3.11. The fourth-order valence-corrected chi connectivity index (χ4v) is 5.68. The maximum atomic E-state index is 12.7. The number of rotatable bonds is 36. The zero-order valence-corrected chi connectivity index (χ0v) is 34.4. The molecule has 8 heteroatoms. The van der Waals surface area contributed by atoms with Gasteiger partial charge in [-0.25, -0.2) is 0 Å². The summed E-state index contributed by atoms with van der Waals surface area (Å²) in [5, 5.41) is 11.6. The van der Waals surface area contributed by atoms with Gasteiger partial charge in [0.15, 0.2) is 6.10 Å². The molecule has 0 aliphatic rings. The Morgan fingerprint density at radius 3 is 1.57 bits per heavy atom. The molecule has 0 rings (SSSR count). The number of hydrogen-bond donors (Lipinski definition) is 0. The summed E-state index contributed by atoms with van der Waals surface area (Å²) < 4.78 is 17.0. The zero-order chi connectivity index (χ0) is 39.3. The molecular formula is C45H77NO7. The van der Waals surface area contributed by atoms with Gasteiger partial charge in [-0.2, -0.15) is 0 Å². The number of likely N-dealkylation sites (N-methyl/N-ethyl adjacent to an activating group) is 1. The van der Waals surface area contributed by atoms with E-state index < -0.39 is 18.1 Å². The van der Waals surface area contributed by atoms with Crippen LogP contribution in [-0.4, -0.2) is 75.5 Å². The molecule has 2 atom stereocenters. The first-order chi connectivity index (χ1) is 25.6. The summed E-state index contributed by atoms with van der Waals surface area (Å²) in [6, 6.07) is -0.728. The van der Waals surface area contributed by atoms with Crippen LogP contribution in [0.1, 0.15) is 155 Å². The molecule has 0 aromatic heterocycles. The molecule has 0 bridgehead atoms. The summed E-state index contributed by atoms with van der Waals surface area (Å²) in [6.07, 6.45) is 42.6. The van der Waals surface area contributed by atoms with E-state index >= 15 is 0 Å². The largest absolute Gasteiger partial charge is 0.544 e. The normalized spacial score (nSPS) is 13.6. The third-order valence-corrected chi connectivity index (χ3v) is 8.92. The molecule has 0 aromatic carbocycles. The van der Waals surface area contributed by atoms with Crippen LogP contribution < -0.4 is 5.11 Å². The van der Waals surface area contributed by atoms with Crippen LogP contribution in [-0.2, 0) is 28.6 Å². The van der Waals surface area contributed by atoms with Crippen LogP contribution in [0.5, 0.6) is 0 Å². The average molecular weight is 744 g/mol. The van der Waals surface area contributed by atoms with Crippen molar-refractivity contribution in [2.24, 2.45) is 0 Å². The Kier molecular flexibility index (Phi) is 34.0. The van der Waals surface area contributed by atoms with E-state index in [4.69, 9.17) is 14.2 Å². The lowest BCUT2D eigenvalue weighted by Gasteiger charge is -2.34. The Morgan fingerprint density at radius 1 is 0.585 bits per heavy atom. The van der Waals surface area contributed by atoms with E-state index in [1.807, 2.05) is 0 Å². The van der Waals surface area contributed by atoms with Crippen molar-refractivity contribution in [1.29, 1.82) is 0 Å². The van der Waals surface area contributed by atoms with Crippen molar-refractivity contribution in [3.05, 3.63) is 60.8 Å². The number of carbonyl (C=O) groups is 3. The number of carboxylic acid groups (broad SMARTS) is 1. The Hall–Kier alpha value is -2.97. The van der Waals surface area contributed by atoms with Crippen molar-refractivity contribution in [3.8, 4) is 0 Å². The van der Waals surface area contributed by atoms with Gasteiger partial charge in [-0.05, 0) is 57.8 Å². The third-order valence-electron chi connectivity index (χ3n) is 8.92. The molecule has 0 aliphatic carbocycles. The molecule has 8 nitrogen and oxygen atoms in total. The van der Waals surface area contributed by atoms with E-state index in [1.165, 1.54) is 38.5 Å². The van der Waals surface area contributed by atoms with Gasteiger partial charge in [0.05, 0.1) is 40.3 Å². The van der Waals surface area contributed by atoms with Gasteiger partial charge in [-0.3, -0.25) is 9.59 Å². The topological polar surface area (TPSA) is 102 Å². The number of esters is 2. The minimum absolute atomic E-state index is 0.0330. The number of aliphatic carboxylic acids is 1. The highest BCUT2D eigenvalue weighted by Gasteiger charge is 2.25. The van der Waals surface area contributed by atoms with Gasteiger partial charge in [0, 0.05) is 19.3 Å². The van der Waals surface area contributed by atoms with Crippen LogP contribution in [0.4, 0.5) is 0 Å². The standard InChI is InChI=1S/C45H77NO7/c1-6-8-10-12-14-15-16-17-18-19-20-21-22-23-24-25-26-27-28-30-32-34-36-44(48)53-41(39-51-38-37-42(45(49)50)46(3,4)5)40-52-43(47)35-33-31-29-13-11-9-7-2/h8,10,14-15,17-18,20-21,23-24,41-42H,6-7,9,11-13,16,19,22,25-40H2,1-5H3/b10-8+,15-14+,18-17+,21-20+,24-23+. The highest BCUT2D eigenvalue weighted by atomic mass is 16.6. The van der Waals surface area contributed by atoms with Crippen molar-refractivity contribution < 1.29 is 38.2 Å². The second-order valence-electron chi connectivity index (χ2n) is 14.8. The molecule has 0 radical (unpaired) electrons. The Balaban J connectivity index is 4.29. The van der Waals surface area contributed by atoms with Gasteiger partial charge in [0.2, 0.25) is 0 Å². The van der Waals surface area contributed by atoms with Crippen molar-refractivity contribution >= 4 is 17.9 Å². The van der Waals surface area contributed by atoms with E-state index in [0.29, 0.717) is 12.8 Å². The predicted molar refractivity (Wildman–Crippen MR) is 217 cm³/mol. The number of ether oxygens (including phenoxy) is 3. The van der Waals surface area contributed by atoms with Gasteiger partial charge in [-0.15, -0.1) is 0 Å². The summed E-state index contributed by atoms with van der Waals surface area (Å²) in [6.45, 7) is 4.47. The second kappa shape index (κ2) is 36.0. The first kappa shape index (κ1) is 50.0. The van der Waals surface area contributed by atoms with Crippen molar-refractivity contribution in [2.45, 2.75) is 167 Å². The second-order valence-corrected chi connectivity index (χ2v) is 14.8.